The molecule has 2 heterocycles. The summed E-state index contributed by atoms with van der Waals surface area (Å²) in [5, 5.41) is 10.4. The summed E-state index contributed by atoms with van der Waals surface area (Å²) in [5.41, 5.74) is 0.0131. The largest absolute Gasteiger partial charge is 0.384 e. The van der Waals surface area contributed by atoms with Crippen LogP contribution in [-0.2, 0) is 4.74 Å². The van der Waals surface area contributed by atoms with Crippen LogP contribution in [0, 0.1) is 11.2 Å². The number of hydrogen-bond acceptors (Lipinski definition) is 5. The van der Waals surface area contributed by atoms with E-state index < -0.39 is 11.4 Å². The van der Waals surface area contributed by atoms with E-state index >= 15 is 0 Å². The van der Waals surface area contributed by atoms with Crippen LogP contribution in [0.25, 0.3) is 5.69 Å². The second-order valence-corrected chi connectivity index (χ2v) is 6.81. The van der Waals surface area contributed by atoms with Crippen LogP contribution in [-0.4, -0.2) is 49.0 Å². The van der Waals surface area contributed by atoms with Crippen LogP contribution < -0.4 is 16.2 Å². The first-order valence-corrected chi connectivity index (χ1v) is 8.87. The van der Waals surface area contributed by atoms with Crippen LogP contribution in [0.5, 0.6) is 0 Å². The van der Waals surface area contributed by atoms with E-state index in [1.165, 1.54) is 36.4 Å². The van der Waals surface area contributed by atoms with E-state index in [0.29, 0.717) is 18.8 Å². The molecule has 0 saturated carbocycles. The maximum atomic E-state index is 13.1. The molecule has 1 aromatic carbocycles. The number of benzene rings is 1. The number of rotatable bonds is 6. The van der Waals surface area contributed by atoms with E-state index in [4.69, 9.17) is 4.74 Å². The van der Waals surface area contributed by atoms with Gasteiger partial charge in [0.05, 0.1) is 12.3 Å². The second kappa shape index (κ2) is 9.77. The Balaban J connectivity index is 0.00000280. The molecule has 28 heavy (non-hydrogen) atoms. The van der Waals surface area contributed by atoms with Gasteiger partial charge in [-0.05, 0) is 56.3 Å². The number of methoxy groups -OCH3 is 1. The molecule has 2 aromatic rings. The minimum Gasteiger partial charge on any atom is -0.384 e. The van der Waals surface area contributed by atoms with Gasteiger partial charge in [0.1, 0.15) is 11.5 Å². The Morgan fingerprint density at radius 1 is 1.25 bits per heavy atom. The summed E-state index contributed by atoms with van der Waals surface area (Å²) in [6, 6.07) is 8.02. The van der Waals surface area contributed by atoms with Crippen LogP contribution in [0.1, 0.15) is 23.3 Å². The molecule has 0 unspecified atom stereocenters. The van der Waals surface area contributed by atoms with Gasteiger partial charge in [0.2, 0.25) is 0 Å². The predicted octanol–water partition coefficient (Wildman–Crippen LogP) is 1.54. The number of aromatic nitrogens is 2. The molecule has 1 aromatic heterocycles. The summed E-state index contributed by atoms with van der Waals surface area (Å²) in [5.74, 6) is -0.772. The quantitative estimate of drug-likeness (QED) is 0.754. The fourth-order valence-corrected chi connectivity index (χ4v) is 3.29. The highest BCUT2D eigenvalue weighted by molar-refractivity contribution is 5.92. The van der Waals surface area contributed by atoms with E-state index in [1.54, 1.807) is 7.11 Å². The topological polar surface area (TPSA) is 85.2 Å². The number of ether oxygens (including phenoxy) is 1. The standard InChI is InChI=1S/C19H23FN4O3.ClH/c1-27-13-19(8-10-21-11-9-19)12-22-18(26)16-6-7-17(25)24(23-16)15-4-2-14(20)3-5-15;/h2-7,21H,8-13H2,1H3,(H,22,26);1H. The molecule has 2 N–H and O–H groups in total. The molecule has 9 heteroatoms. The van der Waals surface area contributed by atoms with Crippen LogP contribution in [0.2, 0.25) is 0 Å². The van der Waals surface area contributed by atoms with Gasteiger partial charge in [0, 0.05) is 25.1 Å². The van der Waals surface area contributed by atoms with Crippen LogP contribution in [0.4, 0.5) is 4.39 Å². The summed E-state index contributed by atoms with van der Waals surface area (Å²) in [7, 11) is 1.66. The molecule has 152 valence electrons. The number of carbonyl (C=O) groups excluding carboxylic acids is 1. The monoisotopic (exact) mass is 410 g/mol. The molecular weight excluding hydrogens is 387 g/mol. The average molecular weight is 411 g/mol. The summed E-state index contributed by atoms with van der Waals surface area (Å²) in [6.07, 6.45) is 1.81. The molecule has 1 aliphatic heterocycles. The first kappa shape index (κ1) is 22.0. The lowest BCUT2D eigenvalue weighted by atomic mass is 9.79. The van der Waals surface area contributed by atoms with E-state index in [9.17, 15) is 14.0 Å². The van der Waals surface area contributed by atoms with Crippen molar-refractivity contribution in [2.45, 2.75) is 12.8 Å². The molecular formula is C19H24ClFN4O3. The number of carbonyl (C=O) groups is 1. The van der Waals surface area contributed by atoms with Crippen molar-refractivity contribution in [3.8, 4) is 5.69 Å². The van der Waals surface area contributed by atoms with Gasteiger partial charge in [0.25, 0.3) is 11.5 Å². The Morgan fingerprint density at radius 3 is 2.57 bits per heavy atom. The third kappa shape index (κ3) is 5.15. The number of hydrogen-bond donors (Lipinski definition) is 2. The van der Waals surface area contributed by atoms with Gasteiger partial charge in [-0.25, -0.2) is 4.39 Å². The molecule has 1 aliphatic rings. The fourth-order valence-electron chi connectivity index (χ4n) is 3.29. The molecule has 1 saturated heterocycles. The van der Waals surface area contributed by atoms with Crippen LogP contribution in [0.15, 0.2) is 41.2 Å². The SMILES string of the molecule is COCC1(CNC(=O)c2ccc(=O)n(-c3ccc(F)cc3)n2)CCNCC1.Cl. The second-order valence-electron chi connectivity index (χ2n) is 6.81. The molecule has 0 aliphatic carbocycles. The lowest BCUT2D eigenvalue weighted by molar-refractivity contribution is 0.0510. The van der Waals surface area contributed by atoms with Crippen molar-refractivity contribution in [2.24, 2.45) is 5.41 Å². The lowest BCUT2D eigenvalue weighted by Crippen LogP contribution is -2.47. The van der Waals surface area contributed by atoms with Crippen molar-refractivity contribution in [3.63, 3.8) is 0 Å². The maximum absolute atomic E-state index is 13.1. The van der Waals surface area contributed by atoms with E-state index in [0.717, 1.165) is 30.6 Å². The molecule has 0 atom stereocenters. The van der Waals surface area contributed by atoms with Gasteiger partial charge in [-0.1, -0.05) is 0 Å². The van der Waals surface area contributed by atoms with E-state index in [1.807, 2.05) is 0 Å². The smallest absolute Gasteiger partial charge is 0.271 e. The summed E-state index contributed by atoms with van der Waals surface area (Å²) >= 11 is 0. The van der Waals surface area contributed by atoms with Gasteiger partial charge in [-0.3, -0.25) is 9.59 Å². The van der Waals surface area contributed by atoms with Crippen molar-refractivity contribution >= 4 is 18.3 Å². The Morgan fingerprint density at radius 2 is 1.93 bits per heavy atom. The lowest BCUT2D eigenvalue weighted by Gasteiger charge is -2.37. The Hall–Kier alpha value is -2.29. The van der Waals surface area contributed by atoms with Crippen LogP contribution >= 0.6 is 12.4 Å². The zero-order valence-electron chi connectivity index (χ0n) is 15.6. The zero-order valence-corrected chi connectivity index (χ0v) is 16.4. The van der Waals surface area contributed by atoms with Crippen LogP contribution in [0.3, 0.4) is 0 Å². The fraction of sp³-hybridized carbons (Fsp3) is 0.421. The predicted molar refractivity (Wildman–Crippen MR) is 106 cm³/mol. The number of nitrogens with zero attached hydrogens (tertiary/aromatic N) is 2. The number of nitrogens with one attached hydrogen (secondary N) is 2. The average Bonchev–Trinajstić information content (AvgIpc) is 2.68. The van der Waals surface area contributed by atoms with Crippen molar-refractivity contribution in [1.82, 2.24) is 20.4 Å². The third-order valence-electron chi connectivity index (χ3n) is 4.84. The summed E-state index contributed by atoms with van der Waals surface area (Å²) < 4.78 is 19.5. The third-order valence-corrected chi connectivity index (χ3v) is 4.84. The highest BCUT2D eigenvalue weighted by Crippen LogP contribution is 2.28. The number of piperidine rings is 1. The van der Waals surface area contributed by atoms with Gasteiger partial charge < -0.3 is 15.4 Å². The Labute approximate surface area is 168 Å². The minimum atomic E-state index is -0.411. The summed E-state index contributed by atoms with van der Waals surface area (Å²) in [6.45, 7) is 2.80. The molecule has 1 fully saturated rings. The molecule has 0 radical (unpaired) electrons. The van der Waals surface area contributed by atoms with Gasteiger partial charge >= 0.3 is 0 Å². The minimum absolute atomic E-state index is 0. The van der Waals surface area contributed by atoms with Crippen molar-refractivity contribution < 1.29 is 13.9 Å². The molecule has 0 bridgehead atoms. The highest BCUT2D eigenvalue weighted by Gasteiger charge is 2.32. The first-order chi connectivity index (χ1) is 13.0. The van der Waals surface area contributed by atoms with Crippen molar-refractivity contribution in [1.29, 1.82) is 0 Å². The van der Waals surface area contributed by atoms with E-state index in [-0.39, 0.29) is 29.4 Å². The summed E-state index contributed by atoms with van der Waals surface area (Å²) in [4.78, 5) is 24.6. The first-order valence-electron chi connectivity index (χ1n) is 8.87. The molecule has 7 nitrogen and oxygen atoms in total. The van der Waals surface area contributed by atoms with Gasteiger partial charge in [-0.2, -0.15) is 9.78 Å². The maximum Gasteiger partial charge on any atom is 0.271 e. The number of halogens is 2. The van der Waals surface area contributed by atoms with Gasteiger partial charge in [-0.15, -0.1) is 12.4 Å². The molecule has 1 amide bonds. The van der Waals surface area contributed by atoms with Crippen molar-refractivity contribution in [2.75, 3.05) is 33.4 Å². The van der Waals surface area contributed by atoms with Gasteiger partial charge in [0.15, 0.2) is 0 Å². The number of amides is 1. The molecule has 0 spiro atoms. The highest BCUT2D eigenvalue weighted by atomic mass is 35.5. The normalized spacial score (nSPS) is 15.5. The Kier molecular flexibility index (Phi) is 7.68. The zero-order chi connectivity index (χ0) is 19.3. The van der Waals surface area contributed by atoms with E-state index in [2.05, 4.69) is 15.7 Å². The Bertz CT molecular complexity index is 845. The molecule has 3 rings (SSSR count). The van der Waals surface area contributed by atoms with Crippen molar-refractivity contribution in [3.05, 3.63) is 58.3 Å².